The van der Waals surface area contributed by atoms with Crippen molar-refractivity contribution in [1.29, 1.82) is 0 Å². The minimum absolute atomic E-state index is 0.0171. The normalized spacial score (nSPS) is 20.8. The van der Waals surface area contributed by atoms with E-state index in [0.29, 0.717) is 18.1 Å². The van der Waals surface area contributed by atoms with Crippen molar-refractivity contribution in [3.05, 3.63) is 66.3 Å². The summed E-state index contributed by atoms with van der Waals surface area (Å²) in [5, 5.41) is 0. The molecule has 0 bridgehead atoms. The molecule has 1 nitrogen and oxygen atoms in total. The highest BCUT2D eigenvalue weighted by atomic mass is 19.2. The third kappa shape index (κ3) is 4.54. The standard InChI is InChI=1S/C20H24F2O/c1-3-5-6-7-8-15-9-11-16(12-10-15)17-13-14-18(23-4-2)20(22)19(17)21/h3,7-9,11,13-16H,1,4-6,10,12H2,2H3/b8-7+. The minimum Gasteiger partial charge on any atom is -0.491 e. The van der Waals surface area contributed by atoms with E-state index < -0.39 is 11.6 Å². The number of rotatable bonds is 7. The van der Waals surface area contributed by atoms with E-state index in [9.17, 15) is 8.78 Å². The molecule has 1 aliphatic carbocycles. The van der Waals surface area contributed by atoms with Crippen molar-refractivity contribution in [3.63, 3.8) is 0 Å². The van der Waals surface area contributed by atoms with Crippen molar-refractivity contribution in [3.8, 4) is 5.75 Å². The largest absolute Gasteiger partial charge is 0.491 e. The maximum atomic E-state index is 14.2. The van der Waals surface area contributed by atoms with Gasteiger partial charge in [-0.15, -0.1) is 6.58 Å². The van der Waals surface area contributed by atoms with Gasteiger partial charge in [0.2, 0.25) is 5.82 Å². The predicted molar refractivity (Wildman–Crippen MR) is 90.7 cm³/mol. The Hall–Kier alpha value is -1.90. The molecule has 0 spiro atoms. The predicted octanol–water partition coefficient (Wildman–Crippen LogP) is 5.94. The van der Waals surface area contributed by atoms with E-state index in [1.54, 1.807) is 13.0 Å². The van der Waals surface area contributed by atoms with Crippen molar-refractivity contribution in [2.24, 2.45) is 5.92 Å². The van der Waals surface area contributed by atoms with E-state index in [2.05, 4.69) is 24.8 Å². The maximum absolute atomic E-state index is 14.2. The van der Waals surface area contributed by atoms with E-state index in [0.717, 1.165) is 25.7 Å². The number of hydrogen-bond acceptors (Lipinski definition) is 1. The molecule has 0 saturated heterocycles. The summed E-state index contributed by atoms with van der Waals surface area (Å²) in [6, 6.07) is 3.16. The van der Waals surface area contributed by atoms with Crippen LogP contribution in [0.15, 0.2) is 49.1 Å². The second-order valence-corrected chi connectivity index (χ2v) is 5.74. The third-order valence-electron chi connectivity index (χ3n) is 4.10. The van der Waals surface area contributed by atoms with E-state index in [1.165, 1.54) is 6.07 Å². The van der Waals surface area contributed by atoms with Crippen molar-refractivity contribution in [2.75, 3.05) is 6.61 Å². The molecule has 0 aliphatic heterocycles. The number of benzene rings is 1. The van der Waals surface area contributed by atoms with Gasteiger partial charge in [0.25, 0.3) is 0 Å². The molecule has 2 atom stereocenters. The Morgan fingerprint density at radius 2 is 2.00 bits per heavy atom. The number of ether oxygens (including phenoxy) is 1. The number of allylic oxidation sites excluding steroid dienone is 5. The average Bonchev–Trinajstić information content (AvgIpc) is 2.57. The molecule has 0 aromatic heterocycles. The topological polar surface area (TPSA) is 9.23 Å². The molecule has 3 heteroatoms. The van der Waals surface area contributed by atoms with Crippen LogP contribution < -0.4 is 4.74 Å². The zero-order chi connectivity index (χ0) is 16.7. The molecule has 2 unspecified atom stereocenters. The van der Waals surface area contributed by atoms with Gasteiger partial charge >= 0.3 is 0 Å². The molecular formula is C20H24F2O. The smallest absolute Gasteiger partial charge is 0.200 e. The van der Waals surface area contributed by atoms with E-state index >= 15 is 0 Å². The van der Waals surface area contributed by atoms with Crippen LogP contribution >= 0.6 is 0 Å². The van der Waals surface area contributed by atoms with Crippen molar-refractivity contribution in [2.45, 2.75) is 38.5 Å². The molecule has 1 aromatic carbocycles. The van der Waals surface area contributed by atoms with Crippen LogP contribution in [0.25, 0.3) is 0 Å². The highest BCUT2D eigenvalue weighted by Crippen LogP contribution is 2.35. The first-order valence-electron chi connectivity index (χ1n) is 8.24. The van der Waals surface area contributed by atoms with Gasteiger partial charge in [0.15, 0.2) is 11.6 Å². The van der Waals surface area contributed by atoms with E-state index in [-0.39, 0.29) is 11.7 Å². The van der Waals surface area contributed by atoms with Gasteiger partial charge < -0.3 is 4.74 Å². The zero-order valence-electron chi connectivity index (χ0n) is 13.6. The Morgan fingerprint density at radius 3 is 2.65 bits per heavy atom. The Balaban J connectivity index is 2.05. The van der Waals surface area contributed by atoms with Gasteiger partial charge in [0.05, 0.1) is 6.61 Å². The first-order valence-corrected chi connectivity index (χ1v) is 8.24. The highest BCUT2D eigenvalue weighted by molar-refractivity contribution is 5.35. The summed E-state index contributed by atoms with van der Waals surface area (Å²) in [5.41, 5.74) is 0.413. The summed E-state index contributed by atoms with van der Waals surface area (Å²) >= 11 is 0. The van der Waals surface area contributed by atoms with Gasteiger partial charge in [-0.1, -0.05) is 36.4 Å². The lowest BCUT2D eigenvalue weighted by Gasteiger charge is -2.22. The van der Waals surface area contributed by atoms with Gasteiger partial charge in [-0.3, -0.25) is 0 Å². The Morgan fingerprint density at radius 1 is 1.17 bits per heavy atom. The molecule has 0 N–H and O–H groups in total. The molecule has 1 aliphatic rings. The monoisotopic (exact) mass is 318 g/mol. The Labute approximate surface area is 137 Å². The lowest BCUT2D eigenvalue weighted by Crippen LogP contribution is -2.09. The molecule has 0 radical (unpaired) electrons. The first kappa shape index (κ1) is 17.5. The average molecular weight is 318 g/mol. The van der Waals surface area contributed by atoms with Crippen LogP contribution in [0.4, 0.5) is 8.78 Å². The van der Waals surface area contributed by atoms with Crippen LogP contribution in [0.5, 0.6) is 5.75 Å². The fourth-order valence-corrected chi connectivity index (χ4v) is 2.85. The van der Waals surface area contributed by atoms with Gasteiger partial charge in [-0.25, -0.2) is 4.39 Å². The van der Waals surface area contributed by atoms with Crippen LogP contribution in [-0.4, -0.2) is 6.61 Å². The van der Waals surface area contributed by atoms with Crippen LogP contribution in [0, 0.1) is 17.6 Å². The summed E-state index contributed by atoms with van der Waals surface area (Å²) in [6.07, 6.45) is 14.1. The molecule has 124 valence electrons. The molecular weight excluding hydrogens is 294 g/mol. The first-order chi connectivity index (χ1) is 11.2. The zero-order valence-corrected chi connectivity index (χ0v) is 13.6. The summed E-state index contributed by atoms with van der Waals surface area (Å²) in [6.45, 7) is 5.76. The quantitative estimate of drug-likeness (QED) is 0.447. The fraction of sp³-hybridized carbons (Fsp3) is 0.400. The van der Waals surface area contributed by atoms with Crippen molar-refractivity contribution < 1.29 is 13.5 Å². The van der Waals surface area contributed by atoms with Gasteiger partial charge in [0, 0.05) is 5.92 Å². The summed E-state index contributed by atoms with van der Waals surface area (Å²) in [4.78, 5) is 0. The Kier molecular flexibility index (Phi) is 6.57. The Bertz CT molecular complexity index is 590. The second kappa shape index (κ2) is 8.66. The molecule has 0 amide bonds. The lowest BCUT2D eigenvalue weighted by atomic mass is 9.84. The maximum Gasteiger partial charge on any atom is 0.200 e. The van der Waals surface area contributed by atoms with Crippen LogP contribution in [-0.2, 0) is 0 Å². The minimum atomic E-state index is -0.885. The molecule has 2 rings (SSSR count). The van der Waals surface area contributed by atoms with E-state index in [4.69, 9.17) is 4.74 Å². The molecule has 0 saturated carbocycles. The van der Waals surface area contributed by atoms with Gasteiger partial charge in [-0.2, -0.15) is 4.39 Å². The van der Waals surface area contributed by atoms with Gasteiger partial charge in [0.1, 0.15) is 0 Å². The van der Waals surface area contributed by atoms with Crippen molar-refractivity contribution >= 4 is 0 Å². The lowest BCUT2D eigenvalue weighted by molar-refractivity contribution is 0.313. The molecule has 0 heterocycles. The van der Waals surface area contributed by atoms with E-state index in [1.807, 2.05) is 12.2 Å². The summed E-state index contributed by atoms with van der Waals surface area (Å²) < 4.78 is 33.3. The fourth-order valence-electron chi connectivity index (χ4n) is 2.85. The second-order valence-electron chi connectivity index (χ2n) is 5.74. The summed E-state index contributed by atoms with van der Waals surface area (Å²) in [5.74, 6) is -1.38. The SMILES string of the molecule is C=CCC/C=C/C1C=CC(c2ccc(OCC)c(F)c2F)CC1. The van der Waals surface area contributed by atoms with Crippen LogP contribution in [0.2, 0.25) is 0 Å². The van der Waals surface area contributed by atoms with Crippen molar-refractivity contribution in [1.82, 2.24) is 0 Å². The van der Waals surface area contributed by atoms with Crippen LogP contribution in [0.1, 0.15) is 44.1 Å². The molecule has 23 heavy (non-hydrogen) atoms. The van der Waals surface area contributed by atoms with Gasteiger partial charge in [-0.05, 0) is 50.2 Å². The third-order valence-corrected chi connectivity index (χ3v) is 4.10. The number of halogens is 2. The van der Waals surface area contributed by atoms with Crippen LogP contribution in [0.3, 0.4) is 0 Å². The number of unbranched alkanes of at least 4 members (excludes halogenated alkanes) is 1. The molecule has 0 fully saturated rings. The molecule has 1 aromatic rings. The number of hydrogen-bond donors (Lipinski definition) is 0. The highest BCUT2D eigenvalue weighted by Gasteiger charge is 2.22. The summed E-state index contributed by atoms with van der Waals surface area (Å²) in [7, 11) is 0.